The van der Waals surface area contributed by atoms with Gasteiger partial charge in [-0.1, -0.05) is 25.0 Å². The number of alkyl halides is 3. The highest BCUT2D eigenvalue weighted by Crippen LogP contribution is 2.44. The Bertz CT molecular complexity index is 485. The summed E-state index contributed by atoms with van der Waals surface area (Å²) in [4.78, 5) is 0. The molecule has 0 amide bonds. The van der Waals surface area contributed by atoms with Crippen molar-refractivity contribution in [2.45, 2.75) is 50.9 Å². The van der Waals surface area contributed by atoms with Gasteiger partial charge >= 0.3 is 6.36 Å². The summed E-state index contributed by atoms with van der Waals surface area (Å²) in [6.07, 6.45) is 2.50. The second-order valence-corrected chi connectivity index (χ2v) is 6.15. The Balaban J connectivity index is 1.66. The fourth-order valence-electron chi connectivity index (χ4n) is 3.37. The number of rotatable bonds is 4. The van der Waals surface area contributed by atoms with Crippen LogP contribution in [0.4, 0.5) is 18.9 Å². The van der Waals surface area contributed by atoms with Crippen molar-refractivity contribution in [1.82, 2.24) is 0 Å². The van der Waals surface area contributed by atoms with Crippen molar-refractivity contribution in [2.75, 3.05) is 5.32 Å². The first-order valence-corrected chi connectivity index (χ1v) is 7.62. The quantitative estimate of drug-likeness (QED) is 0.848. The molecule has 1 aromatic carbocycles. The van der Waals surface area contributed by atoms with Crippen LogP contribution in [0.25, 0.3) is 0 Å². The highest BCUT2D eigenvalue weighted by molar-refractivity contribution is 5.56. The van der Waals surface area contributed by atoms with Crippen LogP contribution in [0.2, 0.25) is 0 Å². The molecule has 2 aliphatic rings. The molecule has 2 fully saturated rings. The van der Waals surface area contributed by atoms with Crippen molar-refractivity contribution in [2.24, 2.45) is 11.8 Å². The summed E-state index contributed by atoms with van der Waals surface area (Å²) in [6, 6.07) is 6.55. The van der Waals surface area contributed by atoms with E-state index in [4.69, 9.17) is 0 Å². The van der Waals surface area contributed by atoms with Gasteiger partial charge in [0.05, 0.1) is 5.69 Å². The van der Waals surface area contributed by atoms with Gasteiger partial charge in [-0.15, -0.1) is 13.2 Å². The summed E-state index contributed by atoms with van der Waals surface area (Å²) in [7, 11) is 0. The summed E-state index contributed by atoms with van der Waals surface area (Å²) < 4.78 is 41.4. The van der Waals surface area contributed by atoms with E-state index in [1.165, 1.54) is 25.3 Å². The summed E-state index contributed by atoms with van der Waals surface area (Å²) >= 11 is 0. The smallest absolute Gasteiger partial charge is 0.404 e. The van der Waals surface area contributed by atoms with Gasteiger partial charge in [-0.3, -0.25) is 0 Å². The second kappa shape index (κ2) is 5.78. The standard InChI is InChI=1S/C16H20F3NO/c17-16(18,19)21-15-7-2-1-6-14(15)20-13-5-3-4-12(10-13)11-8-9-11/h1-2,6-7,11-13,20H,3-5,8-10H2. The van der Waals surface area contributed by atoms with Gasteiger partial charge in [-0.25, -0.2) is 0 Å². The van der Waals surface area contributed by atoms with E-state index in [-0.39, 0.29) is 11.8 Å². The third kappa shape index (κ3) is 4.05. The molecular weight excluding hydrogens is 279 g/mol. The maximum absolute atomic E-state index is 12.4. The maximum atomic E-state index is 12.4. The summed E-state index contributed by atoms with van der Waals surface area (Å²) in [5.41, 5.74) is 0.441. The number of benzene rings is 1. The molecule has 3 rings (SSSR count). The fourth-order valence-corrected chi connectivity index (χ4v) is 3.37. The minimum Gasteiger partial charge on any atom is -0.404 e. The first-order chi connectivity index (χ1) is 10.0. The molecule has 0 radical (unpaired) electrons. The lowest BCUT2D eigenvalue weighted by Gasteiger charge is -2.31. The van der Waals surface area contributed by atoms with Crippen LogP contribution in [0.1, 0.15) is 38.5 Å². The summed E-state index contributed by atoms with van der Waals surface area (Å²) in [6.45, 7) is 0. The Morgan fingerprint density at radius 1 is 1.00 bits per heavy atom. The highest BCUT2D eigenvalue weighted by Gasteiger charge is 2.35. The Hall–Kier alpha value is -1.39. The molecule has 116 valence electrons. The molecule has 2 saturated carbocycles. The first-order valence-electron chi connectivity index (χ1n) is 7.62. The molecule has 2 unspecified atom stereocenters. The Morgan fingerprint density at radius 2 is 1.76 bits per heavy atom. The van der Waals surface area contributed by atoms with E-state index in [9.17, 15) is 13.2 Å². The van der Waals surface area contributed by atoms with E-state index in [0.29, 0.717) is 5.69 Å². The molecule has 0 aliphatic heterocycles. The maximum Gasteiger partial charge on any atom is 0.573 e. The number of hydrogen-bond donors (Lipinski definition) is 1. The SMILES string of the molecule is FC(F)(F)Oc1ccccc1NC1CCCC(C2CC2)C1. The topological polar surface area (TPSA) is 21.3 Å². The zero-order valence-corrected chi connectivity index (χ0v) is 11.8. The van der Waals surface area contributed by atoms with E-state index in [2.05, 4.69) is 10.1 Å². The van der Waals surface area contributed by atoms with Crippen LogP contribution < -0.4 is 10.1 Å². The van der Waals surface area contributed by atoms with Crippen molar-refractivity contribution in [3.05, 3.63) is 24.3 Å². The van der Waals surface area contributed by atoms with Gasteiger partial charge in [-0.05, 0) is 49.7 Å². The van der Waals surface area contributed by atoms with E-state index in [1.54, 1.807) is 18.2 Å². The van der Waals surface area contributed by atoms with Crippen LogP contribution in [0.15, 0.2) is 24.3 Å². The van der Waals surface area contributed by atoms with Crippen molar-refractivity contribution < 1.29 is 17.9 Å². The zero-order chi connectivity index (χ0) is 14.9. The van der Waals surface area contributed by atoms with Crippen LogP contribution in [0, 0.1) is 11.8 Å². The lowest BCUT2D eigenvalue weighted by atomic mass is 9.82. The summed E-state index contributed by atoms with van der Waals surface area (Å²) in [5.74, 6) is 1.46. The Labute approximate surface area is 122 Å². The molecule has 1 aromatic rings. The average molecular weight is 299 g/mol. The molecule has 0 aromatic heterocycles. The minimum absolute atomic E-state index is 0.140. The fraction of sp³-hybridized carbons (Fsp3) is 0.625. The van der Waals surface area contributed by atoms with Gasteiger partial charge in [-0.2, -0.15) is 0 Å². The van der Waals surface area contributed by atoms with Crippen LogP contribution in [0.5, 0.6) is 5.75 Å². The normalized spacial score (nSPS) is 26.4. The molecule has 5 heteroatoms. The van der Waals surface area contributed by atoms with Gasteiger partial charge < -0.3 is 10.1 Å². The average Bonchev–Trinajstić information content (AvgIpc) is 3.24. The third-order valence-electron chi connectivity index (χ3n) is 4.48. The van der Waals surface area contributed by atoms with E-state index < -0.39 is 6.36 Å². The number of ether oxygens (including phenoxy) is 1. The molecule has 0 bridgehead atoms. The molecule has 0 saturated heterocycles. The summed E-state index contributed by atoms with van der Waals surface area (Å²) in [5, 5.41) is 3.26. The molecule has 2 atom stereocenters. The molecule has 2 nitrogen and oxygen atoms in total. The molecule has 0 spiro atoms. The van der Waals surface area contributed by atoms with E-state index in [0.717, 1.165) is 31.1 Å². The number of para-hydroxylation sites is 2. The van der Waals surface area contributed by atoms with Crippen molar-refractivity contribution >= 4 is 5.69 Å². The molecule has 0 heterocycles. The third-order valence-corrected chi connectivity index (χ3v) is 4.48. The van der Waals surface area contributed by atoms with Crippen LogP contribution >= 0.6 is 0 Å². The predicted molar refractivity (Wildman–Crippen MR) is 75.2 cm³/mol. The molecule has 1 N–H and O–H groups in total. The molecule has 2 aliphatic carbocycles. The molecule has 21 heavy (non-hydrogen) atoms. The Morgan fingerprint density at radius 3 is 2.48 bits per heavy atom. The lowest BCUT2D eigenvalue weighted by molar-refractivity contribution is -0.274. The molecular formula is C16H20F3NO. The van der Waals surface area contributed by atoms with Crippen LogP contribution in [0.3, 0.4) is 0 Å². The number of hydrogen-bond acceptors (Lipinski definition) is 2. The van der Waals surface area contributed by atoms with E-state index >= 15 is 0 Å². The lowest BCUT2D eigenvalue weighted by Crippen LogP contribution is -2.28. The Kier molecular flexibility index (Phi) is 4.00. The highest BCUT2D eigenvalue weighted by atomic mass is 19.4. The zero-order valence-electron chi connectivity index (χ0n) is 11.8. The number of nitrogens with one attached hydrogen (secondary N) is 1. The van der Waals surface area contributed by atoms with Crippen molar-refractivity contribution in [3.8, 4) is 5.75 Å². The van der Waals surface area contributed by atoms with Crippen LogP contribution in [-0.4, -0.2) is 12.4 Å². The van der Waals surface area contributed by atoms with E-state index in [1.807, 2.05) is 0 Å². The first kappa shape index (κ1) is 14.5. The van der Waals surface area contributed by atoms with Gasteiger partial charge in [0.2, 0.25) is 0 Å². The van der Waals surface area contributed by atoms with Crippen molar-refractivity contribution in [1.29, 1.82) is 0 Å². The van der Waals surface area contributed by atoms with Crippen molar-refractivity contribution in [3.63, 3.8) is 0 Å². The van der Waals surface area contributed by atoms with Gasteiger partial charge in [0.25, 0.3) is 0 Å². The van der Waals surface area contributed by atoms with Crippen LogP contribution in [-0.2, 0) is 0 Å². The number of anilines is 1. The van der Waals surface area contributed by atoms with Gasteiger partial charge in [0, 0.05) is 6.04 Å². The van der Waals surface area contributed by atoms with Gasteiger partial charge in [0.1, 0.15) is 0 Å². The minimum atomic E-state index is -4.65. The second-order valence-electron chi connectivity index (χ2n) is 6.15. The largest absolute Gasteiger partial charge is 0.573 e. The van der Waals surface area contributed by atoms with Gasteiger partial charge in [0.15, 0.2) is 5.75 Å². The monoisotopic (exact) mass is 299 g/mol. The predicted octanol–water partition coefficient (Wildman–Crippen LogP) is 4.97. The number of halogens is 3.